The average Bonchev–Trinajstić information content (AvgIpc) is 2.96. The number of nitrogens with zero attached hydrogens (tertiary/aromatic N) is 1. The Morgan fingerprint density at radius 3 is 2.23 bits per heavy atom. The molecule has 158 valence electrons. The van der Waals surface area contributed by atoms with Gasteiger partial charge >= 0.3 is 6.03 Å². The number of fused-ring (bicyclic) bond motifs is 1. The Balaban J connectivity index is 1.57. The van der Waals surface area contributed by atoms with Gasteiger partial charge in [0, 0.05) is 5.56 Å². The highest BCUT2D eigenvalue weighted by molar-refractivity contribution is 6.11. The number of Topliss-reactive ketones (excluding diaryl/α,β-unsaturated/α-hetero) is 1. The minimum atomic E-state index is -1.21. The quantitative estimate of drug-likeness (QED) is 0.493. The number of nitrogens with one attached hydrogen (secondary N) is 1. The van der Waals surface area contributed by atoms with Crippen molar-refractivity contribution >= 4 is 28.5 Å². The van der Waals surface area contributed by atoms with Crippen molar-refractivity contribution in [2.45, 2.75) is 38.6 Å². The van der Waals surface area contributed by atoms with Gasteiger partial charge in [-0.3, -0.25) is 14.5 Å². The summed E-state index contributed by atoms with van der Waals surface area (Å²) in [6, 6.07) is 20.3. The molecular formula is C26H26N2O3. The SMILES string of the molecule is CC(C)(C)c1ccc(C(=O)CN2C(=O)NC(C)(c3ccc4ccccc4c3)C2=O)cc1. The smallest absolute Gasteiger partial charge is 0.319 e. The topological polar surface area (TPSA) is 66.5 Å². The van der Waals surface area contributed by atoms with Crippen molar-refractivity contribution < 1.29 is 14.4 Å². The molecule has 0 radical (unpaired) electrons. The number of rotatable bonds is 4. The summed E-state index contributed by atoms with van der Waals surface area (Å²) in [4.78, 5) is 39.7. The number of hydrogen-bond acceptors (Lipinski definition) is 3. The summed E-state index contributed by atoms with van der Waals surface area (Å²) >= 11 is 0. The van der Waals surface area contributed by atoms with E-state index in [1.54, 1.807) is 19.1 Å². The maximum Gasteiger partial charge on any atom is 0.325 e. The number of carbonyl (C=O) groups excluding carboxylic acids is 3. The van der Waals surface area contributed by atoms with Crippen molar-refractivity contribution in [1.82, 2.24) is 10.2 Å². The molecular weight excluding hydrogens is 388 g/mol. The maximum absolute atomic E-state index is 13.2. The Bertz CT molecular complexity index is 1190. The van der Waals surface area contributed by atoms with Crippen molar-refractivity contribution in [3.63, 3.8) is 0 Å². The van der Waals surface area contributed by atoms with Crippen LogP contribution in [0.2, 0.25) is 0 Å². The number of imide groups is 1. The van der Waals surface area contributed by atoms with E-state index in [1.807, 2.05) is 54.6 Å². The summed E-state index contributed by atoms with van der Waals surface area (Å²) in [5.41, 5.74) is 1.05. The van der Waals surface area contributed by atoms with Gasteiger partial charge in [0.1, 0.15) is 5.54 Å². The van der Waals surface area contributed by atoms with E-state index in [0.29, 0.717) is 11.1 Å². The monoisotopic (exact) mass is 414 g/mol. The molecule has 3 aromatic carbocycles. The first kappa shape index (κ1) is 20.8. The third-order valence-corrected chi connectivity index (χ3v) is 5.98. The van der Waals surface area contributed by atoms with Gasteiger partial charge in [-0.25, -0.2) is 4.79 Å². The summed E-state index contributed by atoms with van der Waals surface area (Å²) in [5.74, 6) is -0.695. The zero-order valence-electron chi connectivity index (χ0n) is 18.2. The summed E-state index contributed by atoms with van der Waals surface area (Å²) in [7, 11) is 0. The molecule has 1 aliphatic rings. The molecule has 1 unspecified atom stereocenters. The molecule has 1 saturated heterocycles. The first-order chi connectivity index (χ1) is 14.6. The first-order valence-corrected chi connectivity index (χ1v) is 10.4. The van der Waals surface area contributed by atoms with Crippen LogP contribution in [0.15, 0.2) is 66.7 Å². The lowest BCUT2D eigenvalue weighted by molar-refractivity contribution is -0.130. The zero-order valence-corrected chi connectivity index (χ0v) is 18.2. The van der Waals surface area contributed by atoms with E-state index < -0.39 is 17.5 Å². The standard InChI is InChI=1S/C26H26N2O3/c1-25(2,3)20-12-10-18(11-13-20)22(29)16-28-23(30)26(4,27-24(28)31)21-14-9-17-7-5-6-8-19(17)15-21/h5-15H,16H2,1-4H3,(H,27,31). The van der Waals surface area contributed by atoms with Gasteiger partial charge in [-0.1, -0.05) is 81.4 Å². The highest BCUT2D eigenvalue weighted by atomic mass is 16.2. The molecule has 4 rings (SSSR count). The molecule has 3 amide bonds. The van der Waals surface area contributed by atoms with E-state index in [2.05, 4.69) is 26.1 Å². The molecule has 1 aliphatic heterocycles. The van der Waals surface area contributed by atoms with Crippen LogP contribution in [0.1, 0.15) is 49.2 Å². The Hall–Kier alpha value is -3.47. The molecule has 0 saturated carbocycles. The van der Waals surface area contributed by atoms with Gasteiger partial charge < -0.3 is 5.32 Å². The average molecular weight is 415 g/mol. The number of benzene rings is 3. The van der Waals surface area contributed by atoms with Crippen LogP contribution in [-0.4, -0.2) is 29.2 Å². The van der Waals surface area contributed by atoms with E-state index >= 15 is 0 Å². The zero-order chi connectivity index (χ0) is 22.4. The molecule has 1 N–H and O–H groups in total. The lowest BCUT2D eigenvalue weighted by atomic mass is 9.86. The van der Waals surface area contributed by atoms with Gasteiger partial charge in [0.25, 0.3) is 5.91 Å². The highest BCUT2D eigenvalue weighted by Crippen LogP contribution is 2.31. The Morgan fingerprint density at radius 2 is 1.58 bits per heavy atom. The lowest BCUT2D eigenvalue weighted by Crippen LogP contribution is -2.41. The van der Waals surface area contributed by atoms with Gasteiger partial charge in [0.15, 0.2) is 5.78 Å². The molecule has 1 fully saturated rings. The Morgan fingerprint density at radius 1 is 0.935 bits per heavy atom. The highest BCUT2D eigenvalue weighted by Gasteiger charge is 2.49. The van der Waals surface area contributed by atoms with Crippen LogP contribution < -0.4 is 5.32 Å². The van der Waals surface area contributed by atoms with Gasteiger partial charge in [-0.2, -0.15) is 0 Å². The van der Waals surface area contributed by atoms with E-state index in [-0.39, 0.29) is 17.7 Å². The van der Waals surface area contributed by atoms with Crippen molar-refractivity contribution in [3.05, 3.63) is 83.4 Å². The van der Waals surface area contributed by atoms with Crippen molar-refractivity contribution in [1.29, 1.82) is 0 Å². The van der Waals surface area contributed by atoms with Gasteiger partial charge in [0.2, 0.25) is 0 Å². The van der Waals surface area contributed by atoms with Gasteiger partial charge in [-0.05, 0) is 40.3 Å². The van der Waals surface area contributed by atoms with E-state index in [1.165, 1.54) is 0 Å². The van der Waals surface area contributed by atoms with Crippen LogP contribution in [-0.2, 0) is 15.7 Å². The molecule has 0 spiro atoms. The van der Waals surface area contributed by atoms with E-state index in [0.717, 1.165) is 21.2 Å². The molecule has 0 aromatic heterocycles. The minimum Gasteiger partial charge on any atom is -0.319 e. The normalized spacial score (nSPS) is 19.0. The van der Waals surface area contributed by atoms with E-state index in [9.17, 15) is 14.4 Å². The number of carbonyl (C=O) groups is 3. The minimum absolute atomic E-state index is 0.0198. The third-order valence-electron chi connectivity index (χ3n) is 5.98. The Kier molecular flexibility index (Phi) is 4.92. The first-order valence-electron chi connectivity index (χ1n) is 10.4. The van der Waals surface area contributed by atoms with Crippen molar-refractivity contribution in [2.24, 2.45) is 0 Å². The summed E-state index contributed by atoms with van der Waals surface area (Å²) < 4.78 is 0. The fourth-order valence-corrected chi connectivity index (χ4v) is 3.93. The predicted molar refractivity (Wildman–Crippen MR) is 121 cm³/mol. The van der Waals surface area contributed by atoms with Crippen LogP contribution in [0.4, 0.5) is 4.79 Å². The molecule has 5 nitrogen and oxygen atoms in total. The number of ketones is 1. The van der Waals surface area contributed by atoms with Crippen LogP contribution in [0.3, 0.4) is 0 Å². The molecule has 1 heterocycles. The molecule has 3 aromatic rings. The largest absolute Gasteiger partial charge is 0.325 e. The van der Waals surface area contributed by atoms with Crippen molar-refractivity contribution in [3.8, 4) is 0 Å². The number of urea groups is 1. The molecule has 31 heavy (non-hydrogen) atoms. The molecule has 5 heteroatoms. The third kappa shape index (κ3) is 3.72. The molecule has 1 atom stereocenters. The second-order valence-electron chi connectivity index (χ2n) is 9.26. The second kappa shape index (κ2) is 7.34. The second-order valence-corrected chi connectivity index (χ2v) is 9.26. The fraction of sp³-hybridized carbons (Fsp3) is 0.269. The molecule has 0 bridgehead atoms. The maximum atomic E-state index is 13.2. The van der Waals surface area contributed by atoms with Crippen LogP contribution >= 0.6 is 0 Å². The lowest BCUT2D eigenvalue weighted by Gasteiger charge is -2.22. The summed E-state index contributed by atoms with van der Waals surface area (Å²) in [6.07, 6.45) is 0. The van der Waals surface area contributed by atoms with E-state index in [4.69, 9.17) is 0 Å². The van der Waals surface area contributed by atoms with Crippen LogP contribution in [0.5, 0.6) is 0 Å². The molecule has 0 aliphatic carbocycles. The van der Waals surface area contributed by atoms with Gasteiger partial charge in [-0.15, -0.1) is 0 Å². The summed E-state index contributed by atoms with van der Waals surface area (Å²) in [6.45, 7) is 7.70. The predicted octanol–water partition coefficient (Wildman–Crippen LogP) is 4.79. The Labute approximate surface area is 182 Å². The van der Waals surface area contributed by atoms with Crippen molar-refractivity contribution in [2.75, 3.05) is 6.54 Å². The number of amides is 3. The fourth-order valence-electron chi connectivity index (χ4n) is 3.93. The number of hydrogen-bond donors (Lipinski definition) is 1. The van der Waals surface area contributed by atoms with Crippen LogP contribution in [0, 0.1) is 0 Å². The van der Waals surface area contributed by atoms with Gasteiger partial charge in [0.05, 0.1) is 6.54 Å². The summed E-state index contributed by atoms with van der Waals surface area (Å²) in [5, 5.41) is 4.82. The van der Waals surface area contributed by atoms with Crippen LogP contribution in [0.25, 0.3) is 10.8 Å².